The minimum Gasteiger partial charge on any atom is -0.458 e. The first-order valence-electron chi connectivity index (χ1n) is 20.3. The standard InChI is InChI=1S/C44H73NO3/c1-12-38(5,6)48-37(46)44(47-13-2)24-16-30(17-25-44)28-31-18-21-40(9)34(39(31,7)8)20-22-42(11)35(40)15-14-33-36-32(29(3)4)19-23-43(36,45)27-26-41(33,42)10/h18,30,32-36H,3,12-17,19-28,45H2,1-2,4-11H3. The fourth-order valence-corrected chi connectivity index (χ4v) is 14.0. The molecule has 0 aromatic heterocycles. The highest BCUT2D eigenvalue weighted by atomic mass is 16.6. The number of hydrogen-bond acceptors (Lipinski definition) is 4. The lowest BCUT2D eigenvalue weighted by Gasteiger charge is -2.72. The summed E-state index contributed by atoms with van der Waals surface area (Å²) in [6, 6.07) is 0. The molecule has 4 heteroatoms. The van der Waals surface area contributed by atoms with Gasteiger partial charge in [0.2, 0.25) is 0 Å². The van der Waals surface area contributed by atoms with Crippen LogP contribution in [0.2, 0.25) is 0 Å². The minimum atomic E-state index is -0.777. The van der Waals surface area contributed by atoms with Crippen molar-refractivity contribution < 1.29 is 14.3 Å². The van der Waals surface area contributed by atoms with Crippen LogP contribution >= 0.6 is 0 Å². The van der Waals surface area contributed by atoms with Gasteiger partial charge in [-0.3, -0.25) is 0 Å². The molecule has 6 aliphatic rings. The molecule has 6 aliphatic carbocycles. The maximum Gasteiger partial charge on any atom is 0.338 e. The number of carbonyl (C=O) groups excluding carboxylic acids is 1. The molecule has 0 aromatic rings. The zero-order valence-corrected chi connectivity index (χ0v) is 32.9. The molecule has 9 unspecified atom stereocenters. The van der Waals surface area contributed by atoms with Crippen LogP contribution in [-0.2, 0) is 14.3 Å². The van der Waals surface area contributed by atoms with Crippen molar-refractivity contribution in [1.82, 2.24) is 0 Å². The molecule has 0 radical (unpaired) electrons. The Morgan fingerprint density at radius 3 is 2.21 bits per heavy atom. The molecule has 0 amide bonds. The van der Waals surface area contributed by atoms with Gasteiger partial charge in [-0.1, -0.05) is 65.3 Å². The maximum absolute atomic E-state index is 13.5. The summed E-state index contributed by atoms with van der Waals surface area (Å²) in [4.78, 5) is 13.5. The highest BCUT2D eigenvalue weighted by Gasteiger charge is 2.70. The Labute approximate surface area is 295 Å². The summed E-state index contributed by atoms with van der Waals surface area (Å²) in [6.45, 7) is 28.8. The van der Waals surface area contributed by atoms with Gasteiger partial charge in [0.25, 0.3) is 0 Å². The first-order chi connectivity index (χ1) is 22.3. The normalized spacial score (nSPS) is 46.8. The molecule has 272 valence electrons. The Kier molecular flexibility index (Phi) is 9.35. The van der Waals surface area contributed by atoms with Crippen LogP contribution in [0.4, 0.5) is 0 Å². The van der Waals surface area contributed by atoms with E-state index in [1.54, 1.807) is 5.57 Å². The molecular weight excluding hydrogens is 590 g/mol. The minimum absolute atomic E-state index is 0.0242. The van der Waals surface area contributed by atoms with Gasteiger partial charge in [0.1, 0.15) is 5.60 Å². The van der Waals surface area contributed by atoms with Gasteiger partial charge in [0.15, 0.2) is 5.60 Å². The molecular formula is C44H73NO3. The molecule has 2 N–H and O–H groups in total. The molecule has 0 saturated heterocycles. The van der Waals surface area contributed by atoms with Crippen molar-refractivity contribution in [2.45, 2.75) is 182 Å². The van der Waals surface area contributed by atoms with Crippen LogP contribution in [0.1, 0.15) is 166 Å². The van der Waals surface area contributed by atoms with Gasteiger partial charge >= 0.3 is 5.97 Å². The second-order valence-electron chi connectivity index (χ2n) is 20.2. The van der Waals surface area contributed by atoms with Crippen molar-refractivity contribution in [3.05, 3.63) is 23.8 Å². The van der Waals surface area contributed by atoms with E-state index in [-0.39, 0.29) is 16.9 Å². The molecule has 5 fully saturated rings. The number of nitrogens with two attached hydrogens (primary N) is 1. The van der Waals surface area contributed by atoms with E-state index in [1.807, 2.05) is 20.8 Å². The monoisotopic (exact) mass is 664 g/mol. The Bertz CT molecular complexity index is 1290. The van der Waals surface area contributed by atoms with Crippen LogP contribution < -0.4 is 5.73 Å². The van der Waals surface area contributed by atoms with E-state index >= 15 is 0 Å². The molecule has 0 bridgehead atoms. The second kappa shape index (κ2) is 12.2. The quantitative estimate of drug-likeness (QED) is 0.207. The molecule has 0 aliphatic heterocycles. The third-order valence-corrected chi connectivity index (χ3v) is 17.3. The summed E-state index contributed by atoms with van der Waals surface area (Å²) in [7, 11) is 0. The van der Waals surface area contributed by atoms with E-state index in [4.69, 9.17) is 15.2 Å². The van der Waals surface area contributed by atoms with Crippen molar-refractivity contribution in [3.63, 3.8) is 0 Å². The SMILES string of the molecule is C=C(C)C1CCC2(N)CCC3(C)C(CCC4C5(C)CC=C(CC6CCC(OCC)(C(=O)OC(C)(C)CC)CC6)C(C)(C)C5CCC43C)C12. The van der Waals surface area contributed by atoms with Crippen molar-refractivity contribution in [1.29, 1.82) is 0 Å². The third-order valence-electron chi connectivity index (χ3n) is 17.3. The first kappa shape index (κ1) is 36.7. The summed E-state index contributed by atoms with van der Waals surface area (Å²) in [5, 5.41) is 0. The van der Waals surface area contributed by atoms with E-state index in [1.165, 1.54) is 69.8 Å². The van der Waals surface area contributed by atoms with Crippen LogP contribution in [0.5, 0.6) is 0 Å². The van der Waals surface area contributed by atoms with Gasteiger partial charge in [-0.2, -0.15) is 0 Å². The summed E-state index contributed by atoms with van der Waals surface area (Å²) < 4.78 is 12.3. The summed E-state index contributed by atoms with van der Waals surface area (Å²) in [5.74, 6) is 3.89. The number of esters is 1. The summed E-state index contributed by atoms with van der Waals surface area (Å²) in [5.41, 5.74) is 10.4. The van der Waals surface area contributed by atoms with E-state index in [0.717, 1.165) is 43.9 Å². The number of rotatable bonds is 8. The number of ether oxygens (including phenoxy) is 2. The second-order valence-corrected chi connectivity index (χ2v) is 20.2. The average Bonchev–Trinajstić information content (AvgIpc) is 3.37. The van der Waals surface area contributed by atoms with Crippen molar-refractivity contribution in [2.24, 2.45) is 62.9 Å². The molecule has 5 saturated carbocycles. The fraction of sp³-hybridized carbons (Fsp3) is 0.886. The van der Waals surface area contributed by atoms with Gasteiger partial charge in [-0.15, -0.1) is 0 Å². The van der Waals surface area contributed by atoms with Crippen LogP contribution in [-0.4, -0.2) is 29.3 Å². The first-order valence-corrected chi connectivity index (χ1v) is 20.3. The van der Waals surface area contributed by atoms with E-state index in [9.17, 15) is 4.79 Å². The molecule has 0 aromatic carbocycles. The van der Waals surface area contributed by atoms with Gasteiger partial charge in [0, 0.05) is 12.1 Å². The average molecular weight is 664 g/mol. The molecule has 0 spiro atoms. The number of allylic oxidation sites excluding steroid dienone is 3. The lowest BCUT2D eigenvalue weighted by Crippen LogP contribution is -2.67. The van der Waals surface area contributed by atoms with Gasteiger partial charge in [-0.25, -0.2) is 4.79 Å². The highest BCUT2D eigenvalue weighted by molar-refractivity contribution is 5.80. The lowest BCUT2D eigenvalue weighted by atomic mass is 9.33. The number of hydrogen-bond donors (Lipinski definition) is 1. The van der Waals surface area contributed by atoms with Gasteiger partial charge < -0.3 is 15.2 Å². The van der Waals surface area contributed by atoms with Crippen LogP contribution in [0, 0.1) is 57.2 Å². The molecule has 4 nitrogen and oxygen atoms in total. The van der Waals surface area contributed by atoms with Crippen molar-refractivity contribution in [2.75, 3.05) is 6.61 Å². The smallest absolute Gasteiger partial charge is 0.338 e. The maximum atomic E-state index is 13.5. The lowest BCUT2D eigenvalue weighted by molar-refractivity contribution is -0.219. The Hall–Kier alpha value is -1.13. The fourth-order valence-electron chi connectivity index (χ4n) is 14.0. The predicted octanol–water partition coefficient (Wildman–Crippen LogP) is 11.0. The third kappa shape index (κ3) is 5.45. The highest BCUT2D eigenvalue weighted by Crippen LogP contribution is 2.76. The molecule has 9 atom stereocenters. The van der Waals surface area contributed by atoms with E-state index in [2.05, 4.69) is 61.1 Å². The van der Waals surface area contributed by atoms with Crippen LogP contribution in [0.3, 0.4) is 0 Å². The Balaban J connectivity index is 1.19. The van der Waals surface area contributed by atoms with Gasteiger partial charge in [0.05, 0.1) is 0 Å². The number of carbonyl (C=O) groups is 1. The van der Waals surface area contributed by atoms with Crippen molar-refractivity contribution in [3.8, 4) is 0 Å². The molecule has 0 heterocycles. The van der Waals surface area contributed by atoms with E-state index in [0.29, 0.717) is 46.5 Å². The zero-order chi connectivity index (χ0) is 35.1. The predicted molar refractivity (Wildman–Crippen MR) is 198 cm³/mol. The topological polar surface area (TPSA) is 61.5 Å². The van der Waals surface area contributed by atoms with Crippen LogP contribution in [0.25, 0.3) is 0 Å². The van der Waals surface area contributed by atoms with Crippen molar-refractivity contribution >= 4 is 5.97 Å². The zero-order valence-electron chi connectivity index (χ0n) is 32.9. The molecule has 6 rings (SSSR count). The Morgan fingerprint density at radius 1 is 0.896 bits per heavy atom. The Morgan fingerprint density at radius 2 is 1.58 bits per heavy atom. The summed E-state index contributed by atoms with van der Waals surface area (Å²) >= 11 is 0. The van der Waals surface area contributed by atoms with Gasteiger partial charge in [-0.05, 0) is 181 Å². The van der Waals surface area contributed by atoms with E-state index < -0.39 is 11.2 Å². The molecule has 48 heavy (non-hydrogen) atoms. The van der Waals surface area contributed by atoms with Crippen LogP contribution in [0.15, 0.2) is 23.8 Å². The summed E-state index contributed by atoms with van der Waals surface area (Å²) in [6.07, 6.45) is 19.9. The number of fused-ring (bicyclic) bond motifs is 7. The largest absolute Gasteiger partial charge is 0.458 e.